The normalized spacial score (nSPS) is 14.8. The van der Waals surface area contributed by atoms with E-state index in [-0.39, 0.29) is 12.3 Å². The summed E-state index contributed by atoms with van der Waals surface area (Å²) in [6.45, 7) is 2.10. The number of aliphatic carboxylic acids is 1. The Morgan fingerprint density at radius 2 is 1.65 bits per heavy atom. The molecule has 1 amide bonds. The van der Waals surface area contributed by atoms with Gasteiger partial charge in [-0.2, -0.15) is 0 Å². The summed E-state index contributed by atoms with van der Waals surface area (Å²) in [5.41, 5.74) is 3.58. The molecule has 0 unspecified atom stereocenters. The van der Waals surface area contributed by atoms with Gasteiger partial charge < -0.3 is 15.7 Å². The minimum atomic E-state index is -0.810. The Labute approximate surface area is 153 Å². The third-order valence-corrected chi connectivity index (χ3v) is 4.82. The Balaban J connectivity index is 1.58. The number of benzene rings is 2. The molecule has 5 heteroatoms. The number of aryl methyl sites for hydroxylation is 1. The van der Waals surface area contributed by atoms with Gasteiger partial charge in [-0.1, -0.05) is 24.3 Å². The van der Waals surface area contributed by atoms with Crippen molar-refractivity contribution in [1.29, 1.82) is 0 Å². The average molecular weight is 352 g/mol. The van der Waals surface area contributed by atoms with Gasteiger partial charge in [0.05, 0.1) is 0 Å². The summed E-state index contributed by atoms with van der Waals surface area (Å²) in [6.07, 6.45) is 2.87. The van der Waals surface area contributed by atoms with Gasteiger partial charge in [0.1, 0.15) is 0 Å². The van der Waals surface area contributed by atoms with Crippen LogP contribution in [0, 0.1) is 0 Å². The average Bonchev–Trinajstić information content (AvgIpc) is 2.68. The molecule has 1 saturated heterocycles. The summed E-state index contributed by atoms with van der Waals surface area (Å²) in [5.74, 6) is -0.373. The van der Waals surface area contributed by atoms with Gasteiger partial charge in [-0.3, -0.25) is 9.59 Å². The van der Waals surface area contributed by atoms with Crippen molar-refractivity contribution >= 4 is 17.6 Å². The Morgan fingerprint density at radius 3 is 2.27 bits per heavy atom. The van der Waals surface area contributed by atoms with E-state index in [1.807, 2.05) is 24.3 Å². The van der Waals surface area contributed by atoms with Crippen molar-refractivity contribution in [2.75, 3.05) is 18.4 Å². The fourth-order valence-electron chi connectivity index (χ4n) is 3.27. The van der Waals surface area contributed by atoms with Crippen molar-refractivity contribution in [3.05, 3.63) is 65.2 Å². The first-order valence-electron chi connectivity index (χ1n) is 9.04. The number of carbonyl (C=O) groups is 2. The van der Waals surface area contributed by atoms with E-state index in [0.29, 0.717) is 23.6 Å². The molecule has 0 aliphatic carbocycles. The first-order valence-corrected chi connectivity index (χ1v) is 9.04. The fraction of sp³-hybridized carbons (Fsp3) is 0.333. The molecule has 3 rings (SSSR count). The Kier molecular flexibility index (Phi) is 6.02. The van der Waals surface area contributed by atoms with Gasteiger partial charge in [-0.15, -0.1) is 0 Å². The highest BCUT2D eigenvalue weighted by Crippen LogP contribution is 2.25. The zero-order valence-corrected chi connectivity index (χ0v) is 14.7. The molecule has 2 aromatic carbocycles. The molecule has 1 aliphatic heterocycles. The van der Waals surface area contributed by atoms with Gasteiger partial charge in [-0.05, 0) is 73.7 Å². The predicted octanol–water partition coefficient (Wildman–Crippen LogP) is 3.42. The Bertz CT molecular complexity index is 748. The molecule has 26 heavy (non-hydrogen) atoms. The standard InChI is InChI=1S/C21H24N2O3/c24-20(25)10-3-15-1-8-19(9-2-15)23-21(26)18-6-4-16(5-7-18)17-11-13-22-14-12-17/h1-2,4-9,17,22H,3,10-14H2,(H,23,26)(H,24,25). The van der Waals surface area contributed by atoms with Gasteiger partial charge in [-0.25, -0.2) is 0 Å². The largest absolute Gasteiger partial charge is 0.481 e. The molecule has 0 aromatic heterocycles. The fourth-order valence-corrected chi connectivity index (χ4v) is 3.27. The number of nitrogens with one attached hydrogen (secondary N) is 2. The number of carboxylic acids is 1. The maximum atomic E-state index is 12.4. The summed E-state index contributed by atoms with van der Waals surface area (Å²) < 4.78 is 0. The first kappa shape index (κ1) is 18.1. The van der Waals surface area contributed by atoms with E-state index in [9.17, 15) is 9.59 Å². The Hall–Kier alpha value is -2.66. The second kappa shape index (κ2) is 8.63. The van der Waals surface area contributed by atoms with Crippen LogP contribution in [0.5, 0.6) is 0 Å². The predicted molar refractivity (Wildman–Crippen MR) is 102 cm³/mol. The Morgan fingerprint density at radius 1 is 1.00 bits per heavy atom. The second-order valence-corrected chi connectivity index (χ2v) is 6.69. The molecule has 1 fully saturated rings. The molecular weight excluding hydrogens is 328 g/mol. The van der Waals surface area contributed by atoms with E-state index >= 15 is 0 Å². The molecule has 0 saturated carbocycles. The van der Waals surface area contributed by atoms with Crippen LogP contribution in [0.15, 0.2) is 48.5 Å². The van der Waals surface area contributed by atoms with E-state index < -0.39 is 5.97 Å². The van der Waals surface area contributed by atoms with Gasteiger partial charge >= 0.3 is 5.97 Å². The van der Waals surface area contributed by atoms with Crippen LogP contribution in [0.1, 0.15) is 46.7 Å². The lowest BCUT2D eigenvalue weighted by Crippen LogP contribution is -2.26. The monoisotopic (exact) mass is 352 g/mol. The topological polar surface area (TPSA) is 78.4 Å². The maximum absolute atomic E-state index is 12.4. The minimum absolute atomic E-state index is 0.106. The maximum Gasteiger partial charge on any atom is 0.303 e. The molecular formula is C21H24N2O3. The SMILES string of the molecule is O=C(O)CCc1ccc(NC(=O)c2ccc(C3CCNCC3)cc2)cc1. The summed E-state index contributed by atoms with van der Waals surface area (Å²) in [7, 11) is 0. The van der Waals surface area contributed by atoms with Gasteiger partial charge in [0.2, 0.25) is 0 Å². The smallest absolute Gasteiger partial charge is 0.303 e. The first-order chi connectivity index (χ1) is 12.6. The summed E-state index contributed by atoms with van der Waals surface area (Å²) in [5, 5.41) is 15.0. The highest BCUT2D eigenvalue weighted by atomic mass is 16.4. The minimum Gasteiger partial charge on any atom is -0.481 e. The van der Waals surface area contributed by atoms with Crippen molar-refractivity contribution < 1.29 is 14.7 Å². The summed E-state index contributed by atoms with van der Waals surface area (Å²) >= 11 is 0. The number of hydrogen-bond donors (Lipinski definition) is 3. The highest BCUT2D eigenvalue weighted by Gasteiger charge is 2.15. The van der Waals surface area contributed by atoms with Crippen LogP contribution in [0.4, 0.5) is 5.69 Å². The third kappa shape index (κ3) is 4.92. The summed E-state index contributed by atoms with van der Waals surface area (Å²) in [4.78, 5) is 23.0. The zero-order chi connectivity index (χ0) is 18.4. The van der Waals surface area contributed by atoms with E-state index in [2.05, 4.69) is 22.8 Å². The van der Waals surface area contributed by atoms with Crippen molar-refractivity contribution in [2.24, 2.45) is 0 Å². The lowest BCUT2D eigenvalue weighted by atomic mass is 9.90. The molecule has 136 valence electrons. The van der Waals surface area contributed by atoms with Gasteiger partial charge in [0, 0.05) is 17.7 Å². The number of rotatable bonds is 6. The molecule has 1 aliphatic rings. The van der Waals surface area contributed by atoms with Crippen molar-refractivity contribution in [3.63, 3.8) is 0 Å². The number of amides is 1. The lowest BCUT2D eigenvalue weighted by Gasteiger charge is -2.23. The number of piperidine rings is 1. The van der Waals surface area contributed by atoms with Crippen LogP contribution < -0.4 is 10.6 Å². The molecule has 5 nitrogen and oxygen atoms in total. The number of anilines is 1. The van der Waals surface area contributed by atoms with Crippen LogP contribution in [-0.4, -0.2) is 30.1 Å². The number of carbonyl (C=O) groups excluding carboxylic acids is 1. The highest BCUT2D eigenvalue weighted by molar-refractivity contribution is 6.04. The van der Waals surface area contributed by atoms with Crippen molar-refractivity contribution in [1.82, 2.24) is 5.32 Å². The molecule has 0 radical (unpaired) electrons. The third-order valence-electron chi connectivity index (χ3n) is 4.82. The number of carboxylic acid groups (broad SMARTS) is 1. The van der Waals surface area contributed by atoms with Crippen LogP contribution in [-0.2, 0) is 11.2 Å². The number of hydrogen-bond acceptors (Lipinski definition) is 3. The molecule has 0 spiro atoms. The van der Waals surface area contributed by atoms with Crippen LogP contribution >= 0.6 is 0 Å². The second-order valence-electron chi connectivity index (χ2n) is 6.69. The molecule has 3 N–H and O–H groups in total. The molecule has 1 heterocycles. The van der Waals surface area contributed by atoms with Crippen LogP contribution in [0.25, 0.3) is 0 Å². The van der Waals surface area contributed by atoms with E-state index in [1.165, 1.54) is 5.56 Å². The molecule has 0 bridgehead atoms. The van der Waals surface area contributed by atoms with Crippen molar-refractivity contribution in [3.8, 4) is 0 Å². The van der Waals surface area contributed by atoms with E-state index in [0.717, 1.165) is 31.5 Å². The van der Waals surface area contributed by atoms with Crippen LogP contribution in [0.3, 0.4) is 0 Å². The van der Waals surface area contributed by atoms with E-state index in [1.54, 1.807) is 12.1 Å². The summed E-state index contributed by atoms with van der Waals surface area (Å²) in [6, 6.07) is 15.2. The van der Waals surface area contributed by atoms with Crippen LogP contribution in [0.2, 0.25) is 0 Å². The molecule has 2 aromatic rings. The zero-order valence-electron chi connectivity index (χ0n) is 14.7. The van der Waals surface area contributed by atoms with Crippen molar-refractivity contribution in [2.45, 2.75) is 31.6 Å². The lowest BCUT2D eigenvalue weighted by molar-refractivity contribution is -0.136. The molecule has 0 atom stereocenters. The van der Waals surface area contributed by atoms with Gasteiger partial charge in [0.25, 0.3) is 5.91 Å². The van der Waals surface area contributed by atoms with E-state index in [4.69, 9.17) is 5.11 Å². The quantitative estimate of drug-likeness (QED) is 0.744. The van der Waals surface area contributed by atoms with Gasteiger partial charge in [0.15, 0.2) is 0 Å².